The molecular formula is C21H20N6O. The molecule has 4 heterocycles. The first-order valence-electron chi connectivity index (χ1n) is 8.98. The van der Waals surface area contributed by atoms with Gasteiger partial charge in [0.05, 0.1) is 5.69 Å². The maximum Gasteiger partial charge on any atom is 0.250 e. The van der Waals surface area contributed by atoms with Crippen molar-refractivity contribution >= 4 is 22.9 Å². The lowest BCUT2D eigenvalue weighted by atomic mass is 10.0. The number of nitrogens with zero attached hydrogens (tertiary/aromatic N) is 4. The van der Waals surface area contributed by atoms with E-state index in [1.165, 1.54) is 6.08 Å². The summed E-state index contributed by atoms with van der Waals surface area (Å²) >= 11 is 0. The predicted molar refractivity (Wildman–Crippen MR) is 110 cm³/mol. The number of aromatic amines is 1. The summed E-state index contributed by atoms with van der Waals surface area (Å²) in [5.41, 5.74) is 5.61. The van der Waals surface area contributed by atoms with Crippen molar-refractivity contribution in [1.29, 1.82) is 0 Å². The molecule has 7 nitrogen and oxygen atoms in total. The van der Waals surface area contributed by atoms with E-state index >= 15 is 0 Å². The van der Waals surface area contributed by atoms with E-state index in [1.54, 1.807) is 10.8 Å². The Kier molecular flexibility index (Phi) is 4.49. The zero-order valence-corrected chi connectivity index (χ0v) is 15.7. The number of imidazole rings is 1. The van der Waals surface area contributed by atoms with Crippen molar-refractivity contribution in [2.75, 3.05) is 5.32 Å². The summed E-state index contributed by atoms with van der Waals surface area (Å²) in [6.45, 7) is 5.55. The molecule has 0 aliphatic rings. The number of aromatic nitrogens is 5. The molecule has 4 aromatic heterocycles. The number of hydrogen-bond acceptors (Lipinski definition) is 4. The van der Waals surface area contributed by atoms with Crippen molar-refractivity contribution in [2.24, 2.45) is 7.05 Å². The average Bonchev–Trinajstić information content (AvgIpc) is 3.31. The van der Waals surface area contributed by atoms with Gasteiger partial charge in [-0.1, -0.05) is 13.5 Å². The van der Waals surface area contributed by atoms with Crippen LogP contribution in [0.5, 0.6) is 0 Å². The Hall–Kier alpha value is -3.74. The van der Waals surface area contributed by atoms with Crippen LogP contribution in [0.1, 0.15) is 12.6 Å². The molecule has 4 aromatic rings. The summed E-state index contributed by atoms with van der Waals surface area (Å²) in [5.74, 6) is 0.155. The number of aryl methyl sites for hydroxylation is 2. The first-order valence-corrected chi connectivity index (χ1v) is 8.98. The van der Waals surface area contributed by atoms with E-state index in [2.05, 4.69) is 50.9 Å². The third kappa shape index (κ3) is 3.18. The molecule has 28 heavy (non-hydrogen) atoms. The van der Waals surface area contributed by atoms with Gasteiger partial charge in [-0.3, -0.25) is 15.1 Å². The number of rotatable bonds is 5. The largest absolute Gasteiger partial charge is 0.346 e. The van der Waals surface area contributed by atoms with Crippen LogP contribution in [0.15, 0.2) is 55.6 Å². The predicted octanol–water partition coefficient (Wildman–Crippen LogP) is 3.71. The number of amides is 1. The highest BCUT2D eigenvalue weighted by Gasteiger charge is 2.13. The van der Waals surface area contributed by atoms with Crippen molar-refractivity contribution in [1.82, 2.24) is 24.5 Å². The molecule has 0 saturated heterocycles. The number of hydrogen-bond donors (Lipinski definition) is 2. The third-order valence-corrected chi connectivity index (χ3v) is 4.61. The van der Waals surface area contributed by atoms with Crippen LogP contribution in [0.25, 0.3) is 33.4 Å². The second kappa shape index (κ2) is 7.11. The zero-order valence-electron chi connectivity index (χ0n) is 15.7. The Bertz CT molecular complexity index is 1190. The lowest BCUT2D eigenvalue weighted by Crippen LogP contribution is -2.11. The molecule has 0 unspecified atom stereocenters. The second-order valence-corrected chi connectivity index (χ2v) is 6.47. The molecule has 0 aliphatic carbocycles. The molecule has 0 saturated carbocycles. The molecule has 0 fully saturated rings. The molecule has 0 spiro atoms. The van der Waals surface area contributed by atoms with Gasteiger partial charge in [-0.2, -0.15) is 0 Å². The quantitative estimate of drug-likeness (QED) is 0.523. The van der Waals surface area contributed by atoms with Gasteiger partial charge in [-0.05, 0) is 36.3 Å². The lowest BCUT2D eigenvalue weighted by molar-refractivity contribution is -0.111. The fourth-order valence-electron chi connectivity index (χ4n) is 3.10. The van der Waals surface area contributed by atoms with Gasteiger partial charge < -0.3 is 9.55 Å². The molecule has 140 valence electrons. The number of carbonyl (C=O) groups is 1. The molecular weight excluding hydrogens is 352 g/mol. The van der Waals surface area contributed by atoms with E-state index in [0.717, 1.165) is 45.5 Å². The van der Waals surface area contributed by atoms with Crippen LogP contribution in [-0.4, -0.2) is 30.4 Å². The van der Waals surface area contributed by atoms with E-state index in [9.17, 15) is 4.79 Å². The molecule has 0 aliphatic heterocycles. The SMILES string of the molecule is C=CC(=O)Nc1nc(-c2cnc3[nH]cc(-c4ccnc(CC)c4)c3c2)cn1C. The molecule has 0 bridgehead atoms. The van der Waals surface area contributed by atoms with Crippen molar-refractivity contribution < 1.29 is 4.79 Å². The van der Waals surface area contributed by atoms with Crippen LogP contribution in [0.2, 0.25) is 0 Å². The summed E-state index contributed by atoms with van der Waals surface area (Å²) in [4.78, 5) is 28.2. The van der Waals surface area contributed by atoms with E-state index in [0.29, 0.717) is 5.95 Å². The standard InChI is InChI=1S/C21H20N6O/c1-4-15-8-13(6-7-22-15)17-11-24-20-16(17)9-14(10-23-20)18-12-27(3)21(25-18)26-19(28)5-2/h5-12H,2,4H2,1,3H3,(H,23,24)(H,25,26,28). The minimum absolute atomic E-state index is 0.300. The van der Waals surface area contributed by atoms with Crippen molar-refractivity contribution in [2.45, 2.75) is 13.3 Å². The van der Waals surface area contributed by atoms with Gasteiger partial charge in [-0.25, -0.2) is 9.97 Å². The number of carbonyl (C=O) groups excluding carboxylic acids is 1. The maximum atomic E-state index is 11.6. The minimum Gasteiger partial charge on any atom is -0.346 e. The highest BCUT2D eigenvalue weighted by molar-refractivity contribution is 5.98. The Labute approximate surface area is 162 Å². The molecule has 2 N–H and O–H groups in total. The summed E-state index contributed by atoms with van der Waals surface area (Å²) in [6.07, 6.45) is 9.52. The van der Waals surface area contributed by atoms with Gasteiger partial charge in [-0.15, -0.1) is 0 Å². The summed E-state index contributed by atoms with van der Waals surface area (Å²) < 4.78 is 1.76. The first kappa shape index (κ1) is 17.7. The maximum absolute atomic E-state index is 11.6. The lowest BCUT2D eigenvalue weighted by Gasteiger charge is -2.03. The van der Waals surface area contributed by atoms with E-state index < -0.39 is 0 Å². The van der Waals surface area contributed by atoms with Gasteiger partial charge in [0.2, 0.25) is 11.9 Å². The van der Waals surface area contributed by atoms with Crippen LogP contribution in [-0.2, 0) is 18.3 Å². The van der Waals surface area contributed by atoms with Crippen molar-refractivity contribution in [3.8, 4) is 22.4 Å². The van der Waals surface area contributed by atoms with Gasteiger partial charge >= 0.3 is 0 Å². The minimum atomic E-state index is -0.300. The van der Waals surface area contributed by atoms with E-state index in [-0.39, 0.29) is 5.91 Å². The summed E-state index contributed by atoms with van der Waals surface area (Å²) in [5, 5.41) is 3.70. The number of nitrogens with one attached hydrogen (secondary N) is 2. The van der Waals surface area contributed by atoms with Crippen LogP contribution < -0.4 is 5.32 Å². The fraction of sp³-hybridized carbons (Fsp3) is 0.143. The van der Waals surface area contributed by atoms with Crippen molar-refractivity contribution in [3.63, 3.8) is 0 Å². The molecule has 0 radical (unpaired) electrons. The smallest absolute Gasteiger partial charge is 0.250 e. The van der Waals surface area contributed by atoms with E-state index in [4.69, 9.17) is 0 Å². The van der Waals surface area contributed by atoms with Crippen LogP contribution in [0, 0.1) is 0 Å². The second-order valence-electron chi connectivity index (χ2n) is 6.47. The van der Waals surface area contributed by atoms with Crippen molar-refractivity contribution in [3.05, 3.63) is 61.3 Å². The molecule has 4 rings (SSSR count). The molecule has 7 heteroatoms. The normalized spacial score (nSPS) is 10.9. The zero-order chi connectivity index (χ0) is 19.7. The fourth-order valence-corrected chi connectivity index (χ4v) is 3.10. The van der Waals surface area contributed by atoms with Gasteiger partial charge in [0.25, 0.3) is 0 Å². The third-order valence-electron chi connectivity index (χ3n) is 4.61. The van der Waals surface area contributed by atoms with Gasteiger partial charge in [0, 0.05) is 54.0 Å². The summed E-state index contributed by atoms with van der Waals surface area (Å²) in [7, 11) is 1.83. The molecule has 0 atom stereocenters. The molecule has 0 aromatic carbocycles. The number of H-pyrrole nitrogens is 1. The Morgan fingerprint density at radius 1 is 1.32 bits per heavy atom. The highest BCUT2D eigenvalue weighted by atomic mass is 16.1. The average molecular weight is 372 g/mol. The summed E-state index contributed by atoms with van der Waals surface area (Å²) in [6, 6.07) is 6.15. The number of pyridine rings is 2. The first-order chi connectivity index (χ1) is 13.6. The van der Waals surface area contributed by atoms with Crippen LogP contribution >= 0.6 is 0 Å². The monoisotopic (exact) mass is 372 g/mol. The Morgan fingerprint density at radius 3 is 2.96 bits per heavy atom. The Morgan fingerprint density at radius 2 is 2.18 bits per heavy atom. The highest BCUT2D eigenvalue weighted by Crippen LogP contribution is 2.31. The number of fused-ring (bicyclic) bond motifs is 1. The van der Waals surface area contributed by atoms with Gasteiger partial charge in [0.1, 0.15) is 5.65 Å². The Balaban J connectivity index is 1.77. The van der Waals surface area contributed by atoms with E-state index in [1.807, 2.05) is 31.7 Å². The topological polar surface area (TPSA) is 88.5 Å². The molecule has 1 amide bonds. The van der Waals surface area contributed by atoms with Gasteiger partial charge in [0.15, 0.2) is 0 Å². The van der Waals surface area contributed by atoms with Crippen LogP contribution in [0.4, 0.5) is 5.95 Å². The van der Waals surface area contributed by atoms with Crippen LogP contribution in [0.3, 0.4) is 0 Å². The number of anilines is 1.